The summed E-state index contributed by atoms with van der Waals surface area (Å²) in [6.07, 6.45) is 2.47. The highest BCUT2D eigenvalue weighted by Crippen LogP contribution is 2.19. The van der Waals surface area contributed by atoms with Crippen LogP contribution in [0.1, 0.15) is 26.3 Å². The fraction of sp³-hybridized carbons (Fsp3) is 0.389. The van der Waals surface area contributed by atoms with Crippen molar-refractivity contribution in [3.05, 3.63) is 52.4 Å². The molecule has 0 saturated carbocycles. The molecule has 1 N–H and O–H groups in total. The van der Waals surface area contributed by atoms with Gasteiger partial charge in [-0.15, -0.1) is 0 Å². The topological polar surface area (TPSA) is 66.8 Å². The highest BCUT2D eigenvalue weighted by Gasteiger charge is 2.20. The Labute approximate surface area is 141 Å². The predicted molar refractivity (Wildman–Crippen MR) is 96.6 cm³/mol. The van der Waals surface area contributed by atoms with Crippen LogP contribution in [0.5, 0.6) is 0 Å². The van der Waals surface area contributed by atoms with Gasteiger partial charge in [-0.1, -0.05) is 30.3 Å². The zero-order valence-corrected chi connectivity index (χ0v) is 14.6. The van der Waals surface area contributed by atoms with Crippen molar-refractivity contribution in [3.63, 3.8) is 0 Å². The van der Waals surface area contributed by atoms with Crippen molar-refractivity contribution >= 4 is 17.0 Å². The van der Waals surface area contributed by atoms with Gasteiger partial charge >= 0.3 is 0 Å². The number of hydrogen-bond donors (Lipinski definition) is 1. The molecule has 24 heavy (non-hydrogen) atoms. The van der Waals surface area contributed by atoms with E-state index in [9.17, 15) is 4.79 Å². The molecule has 3 aromatic rings. The molecule has 0 unspecified atom stereocenters. The summed E-state index contributed by atoms with van der Waals surface area (Å²) in [4.78, 5) is 21.8. The van der Waals surface area contributed by atoms with Gasteiger partial charge in [-0.2, -0.15) is 10.1 Å². The first-order chi connectivity index (χ1) is 11.4. The van der Waals surface area contributed by atoms with Crippen LogP contribution in [0.2, 0.25) is 0 Å². The number of aromatic amines is 1. The van der Waals surface area contributed by atoms with Crippen LogP contribution in [0, 0.1) is 0 Å². The Morgan fingerprint density at radius 2 is 1.92 bits per heavy atom. The maximum atomic E-state index is 12.3. The van der Waals surface area contributed by atoms with E-state index in [-0.39, 0.29) is 11.1 Å². The first-order valence-corrected chi connectivity index (χ1v) is 8.10. The quantitative estimate of drug-likeness (QED) is 0.800. The SMILES string of the molecule is CN(CCc1ccccc1)c1nc2c(cnn2C(C)(C)C)c(=O)[nH]1. The van der Waals surface area contributed by atoms with Gasteiger partial charge in [-0.05, 0) is 32.8 Å². The van der Waals surface area contributed by atoms with Gasteiger partial charge in [-0.3, -0.25) is 9.78 Å². The summed E-state index contributed by atoms with van der Waals surface area (Å²) in [5.41, 5.74) is 1.49. The number of H-pyrrole nitrogens is 1. The van der Waals surface area contributed by atoms with E-state index in [1.165, 1.54) is 5.56 Å². The number of fused-ring (bicyclic) bond motifs is 1. The Hall–Kier alpha value is -2.63. The van der Waals surface area contributed by atoms with Gasteiger partial charge < -0.3 is 4.90 Å². The van der Waals surface area contributed by atoms with Crippen molar-refractivity contribution < 1.29 is 0 Å². The minimum atomic E-state index is -0.234. The fourth-order valence-corrected chi connectivity index (χ4v) is 2.63. The van der Waals surface area contributed by atoms with Crippen molar-refractivity contribution in [3.8, 4) is 0 Å². The molecule has 0 fully saturated rings. The molecule has 0 spiro atoms. The fourth-order valence-electron chi connectivity index (χ4n) is 2.63. The third kappa shape index (κ3) is 3.18. The second kappa shape index (κ2) is 6.11. The van der Waals surface area contributed by atoms with Crippen molar-refractivity contribution in [2.75, 3.05) is 18.5 Å². The lowest BCUT2D eigenvalue weighted by Gasteiger charge is -2.21. The number of nitrogens with zero attached hydrogens (tertiary/aromatic N) is 4. The van der Waals surface area contributed by atoms with E-state index in [2.05, 4.69) is 27.2 Å². The summed E-state index contributed by atoms with van der Waals surface area (Å²) in [5, 5.41) is 4.86. The molecule has 3 rings (SSSR count). The molecule has 0 aliphatic carbocycles. The monoisotopic (exact) mass is 325 g/mol. The minimum absolute atomic E-state index is 0.155. The molecule has 6 nitrogen and oxygen atoms in total. The molecule has 0 bridgehead atoms. The Morgan fingerprint density at radius 3 is 2.58 bits per heavy atom. The minimum Gasteiger partial charge on any atom is -0.345 e. The highest BCUT2D eigenvalue weighted by molar-refractivity contribution is 5.74. The molecule has 0 saturated heterocycles. The molecule has 0 aliphatic rings. The largest absolute Gasteiger partial charge is 0.345 e. The third-order valence-corrected chi connectivity index (χ3v) is 4.00. The molecule has 126 valence electrons. The van der Waals surface area contributed by atoms with Gasteiger partial charge in [-0.25, -0.2) is 4.68 Å². The van der Waals surface area contributed by atoms with Crippen LogP contribution in [0.25, 0.3) is 11.0 Å². The molecule has 6 heteroatoms. The summed E-state index contributed by atoms with van der Waals surface area (Å²) >= 11 is 0. The Morgan fingerprint density at radius 1 is 1.21 bits per heavy atom. The Bertz CT molecular complexity index is 889. The summed E-state index contributed by atoms with van der Waals surface area (Å²) in [7, 11) is 1.94. The van der Waals surface area contributed by atoms with E-state index in [1.54, 1.807) is 10.9 Å². The second-order valence-corrected chi connectivity index (χ2v) is 7.01. The van der Waals surface area contributed by atoms with E-state index in [0.717, 1.165) is 13.0 Å². The van der Waals surface area contributed by atoms with Crippen LogP contribution < -0.4 is 10.5 Å². The lowest BCUT2D eigenvalue weighted by atomic mass is 10.1. The average Bonchev–Trinajstić information content (AvgIpc) is 2.98. The summed E-state index contributed by atoms with van der Waals surface area (Å²) in [6.45, 7) is 6.89. The van der Waals surface area contributed by atoms with Gasteiger partial charge in [0, 0.05) is 13.6 Å². The summed E-state index contributed by atoms with van der Waals surface area (Å²) in [6, 6.07) is 10.3. The number of benzene rings is 1. The van der Waals surface area contributed by atoms with Crippen molar-refractivity contribution in [1.29, 1.82) is 0 Å². The molecule has 2 heterocycles. The molecular weight excluding hydrogens is 302 g/mol. The van der Waals surface area contributed by atoms with Gasteiger partial charge in [0.25, 0.3) is 5.56 Å². The number of rotatable bonds is 4. The van der Waals surface area contributed by atoms with Gasteiger partial charge in [0.2, 0.25) is 5.95 Å². The van der Waals surface area contributed by atoms with Gasteiger partial charge in [0.1, 0.15) is 5.39 Å². The van der Waals surface area contributed by atoms with Crippen LogP contribution in [0.3, 0.4) is 0 Å². The first kappa shape index (κ1) is 16.2. The van der Waals surface area contributed by atoms with E-state index in [1.807, 2.05) is 50.9 Å². The standard InChI is InChI=1S/C18H23N5O/c1-18(2,3)23-15-14(12-19-23)16(24)21-17(20-15)22(4)11-10-13-8-6-5-7-9-13/h5-9,12H,10-11H2,1-4H3,(H,20,21,24). The van der Waals surface area contributed by atoms with Crippen LogP contribution in [-0.2, 0) is 12.0 Å². The Kier molecular flexibility index (Phi) is 4.13. The maximum absolute atomic E-state index is 12.3. The third-order valence-electron chi connectivity index (χ3n) is 4.00. The molecule has 0 radical (unpaired) electrons. The van der Waals surface area contributed by atoms with Crippen molar-refractivity contribution in [2.45, 2.75) is 32.7 Å². The Balaban J connectivity index is 1.90. The zero-order chi connectivity index (χ0) is 17.3. The molecular formula is C18H23N5O. The zero-order valence-electron chi connectivity index (χ0n) is 14.6. The molecule has 0 atom stereocenters. The number of aromatic nitrogens is 4. The number of hydrogen-bond acceptors (Lipinski definition) is 4. The number of nitrogens with one attached hydrogen (secondary N) is 1. The van der Waals surface area contributed by atoms with Gasteiger partial charge in [0.15, 0.2) is 5.65 Å². The van der Waals surface area contributed by atoms with Crippen LogP contribution in [-0.4, -0.2) is 33.3 Å². The molecule has 2 aromatic heterocycles. The maximum Gasteiger partial charge on any atom is 0.263 e. The average molecular weight is 325 g/mol. The molecule has 0 amide bonds. The lowest BCUT2D eigenvalue weighted by molar-refractivity contribution is 0.366. The van der Waals surface area contributed by atoms with E-state index < -0.39 is 0 Å². The normalized spacial score (nSPS) is 11.8. The lowest BCUT2D eigenvalue weighted by Crippen LogP contribution is -2.27. The number of likely N-dealkylation sites (N-methyl/N-ethyl adjacent to an activating group) is 1. The number of anilines is 1. The summed E-state index contributed by atoms with van der Waals surface area (Å²) in [5.74, 6) is 0.564. The second-order valence-electron chi connectivity index (χ2n) is 7.01. The predicted octanol–water partition coefficient (Wildman–Crippen LogP) is 2.55. The summed E-state index contributed by atoms with van der Waals surface area (Å²) < 4.78 is 1.80. The van der Waals surface area contributed by atoms with Crippen LogP contribution in [0.4, 0.5) is 5.95 Å². The van der Waals surface area contributed by atoms with E-state index in [4.69, 9.17) is 0 Å². The molecule has 0 aliphatic heterocycles. The highest BCUT2D eigenvalue weighted by atomic mass is 16.1. The van der Waals surface area contributed by atoms with Gasteiger partial charge in [0.05, 0.1) is 11.7 Å². The van der Waals surface area contributed by atoms with Crippen molar-refractivity contribution in [1.82, 2.24) is 19.7 Å². The van der Waals surface area contributed by atoms with E-state index >= 15 is 0 Å². The molecule has 1 aromatic carbocycles. The van der Waals surface area contributed by atoms with Crippen LogP contribution in [0.15, 0.2) is 41.3 Å². The van der Waals surface area contributed by atoms with Crippen LogP contribution >= 0.6 is 0 Å². The first-order valence-electron chi connectivity index (χ1n) is 8.10. The van der Waals surface area contributed by atoms with E-state index in [0.29, 0.717) is 17.0 Å². The smallest absolute Gasteiger partial charge is 0.263 e. The van der Waals surface area contributed by atoms with Crippen molar-refractivity contribution in [2.24, 2.45) is 0 Å².